The van der Waals surface area contributed by atoms with Crippen LogP contribution in [0.1, 0.15) is 40.2 Å². The maximum atomic E-state index is 12.5. The zero-order valence-electron chi connectivity index (χ0n) is 16.2. The van der Waals surface area contributed by atoms with E-state index in [1.807, 2.05) is 12.1 Å². The Morgan fingerprint density at radius 1 is 1.12 bits per heavy atom. The number of hydrogen-bond donors (Lipinski definition) is 0. The van der Waals surface area contributed by atoms with Crippen molar-refractivity contribution in [3.8, 4) is 5.75 Å². The molecule has 0 fully saturated rings. The van der Waals surface area contributed by atoms with Gasteiger partial charge in [0, 0.05) is 0 Å². The van der Waals surface area contributed by atoms with Crippen LogP contribution in [0.25, 0.3) is 0 Å². The SMILES string of the molecule is CCOP(=O)(OCC)Oc1ccc(CO[Si](C)(C)C(C)(C)C)cc1Br. The summed E-state index contributed by atoms with van der Waals surface area (Å²) in [5, 5.41) is 0.162. The molecule has 0 aromatic heterocycles. The standard InChI is InChI=1S/C17H30BrO5PSi/c1-8-20-24(19,21-9-2)23-16-11-10-14(12-15(16)18)13-22-25(6,7)17(3,4)5/h10-12H,8-9,13H2,1-7H3. The molecule has 0 aliphatic rings. The molecule has 0 N–H and O–H groups in total. The molecule has 0 unspecified atom stereocenters. The van der Waals surface area contributed by atoms with Crippen molar-refractivity contribution >= 4 is 32.1 Å². The van der Waals surface area contributed by atoms with Gasteiger partial charge in [-0.15, -0.1) is 0 Å². The highest BCUT2D eigenvalue weighted by atomic mass is 79.9. The molecule has 1 rings (SSSR count). The van der Waals surface area contributed by atoms with Crippen molar-refractivity contribution in [3.63, 3.8) is 0 Å². The second-order valence-electron chi connectivity index (χ2n) is 7.19. The Morgan fingerprint density at radius 3 is 2.12 bits per heavy atom. The van der Waals surface area contributed by atoms with Gasteiger partial charge in [0.1, 0.15) is 5.75 Å². The van der Waals surface area contributed by atoms with E-state index in [9.17, 15) is 4.57 Å². The second-order valence-corrected chi connectivity index (χ2v) is 14.4. The Bertz CT molecular complexity index is 606. The first-order chi connectivity index (χ1) is 11.4. The summed E-state index contributed by atoms with van der Waals surface area (Å²) in [6.07, 6.45) is 0. The van der Waals surface area contributed by atoms with Gasteiger partial charge in [-0.25, -0.2) is 4.57 Å². The van der Waals surface area contributed by atoms with E-state index in [4.69, 9.17) is 18.0 Å². The number of halogens is 1. The first-order valence-electron chi connectivity index (χ1n) is 8.45. The third-order valence-electron chi connectivity index (χ3n) is 4.19. The average Bonchev–Trinajstić information content (AvgIpc) is 2.47. The number of phosphoric ester groups is 1. The summed E-state index contributed by atoms with van der Waals surface area (Å²) in [5.74, 6) is 0.418. The lowest BCUT2D eigenvalue weighted by atomic mass is 10.2. The van der Waals surface area contributed by atoms with E-state index in [0.717, 1.165) is 5.56 Å². The van der Waals surface area contributed by atoms with Crippen molar-refractivity contribution in [2.45, 2.75) is 59.4 Å². The van der Waals surface area contributed by atoms with Crippen LogP contribution < -0.4 is 4.52 Å². The summed E-state index contributed by atoms with van der Waals surface area (Å²) in [7, 11) is -5.41. The van der Waals surface area contributed by atoms with Crippen LogP contribution in [-0.2, 0) is 24.6 Å². The third kappa shape index (κ3) is 6.81. The molecule has 0 amide bonds. The number of phosphoric acid groups is 1. The van der Waals surface area contributed by atoms with Crippen LogP contribution in [0.4, 0.5) is 0 Å². The molecule has 1 aromatic rings. The Labute approximate surface area is 161 Å². The van der Waals surface area contributed by atoms with Crippen molar-refractivity contribution in [3.05, 3.63) is 28.2 Å². The first-order valence-corrected chi connectivity index (χ1v) is 13.6. The van der Waals surface area contributed by atoms with Crippen molar-refractivity contribution in [2.75, 3.05) is 13.2 Å². The number of hydrogen-bond acceptors (Lipinski definition) is 5. The Morgan fingerprint density at radius 2 is 1.68 bits per heavy atom. The summed E-state index contributed by atoms with van der Waals surface area (Å²) in [6, 6.07) is 5.55. The lowest BCUT2D eigenvalue weighted by Gasteiger charge is -2.36. The molecule has 0 bridgehead atoms. The number of rotatable bonds is 9. The van der Waals surface area contributed by atoms with Gasteiger partial charge in [-0.05, 0) is 65.6 Å². The van der Waals surface area contributed by atoms with Crippen LogP contribution in [0.5, 0.6) is 5.75 Å². The highest BCUT2D eigenvalue weighted by Crippen LogP contribution is 2.50. The van der Waals surface area contributed by atoms with E-state index < -0.39 is 16.1 Å². The van der Waals surface area contributed by atoms with Crippen molar-refractivity contribution in [1.29, 1.82) is 0 Å². The molecule has 0 atom stereocenters. The van der Waals surface area contributed by atoms with Gasteiger partial charge < -0.3 is 8.95 Å². The molecule has 0 spiro atoms. The lowest BCUT2D eigenvalue weighted by Crippen LogP contribution is -2.40. The van der Waals surface area contributed by atoms with Crippen molar-refractivity contribution in [1.82, 2.24) is 0 Å². The zero-order valence-corrected chi connectivity index (χ0v) is 19.7. The summed E-state index contributed by atoms with van der Waals surface area (Å²) in [5.41, 5.74) is 1.02. The maximum Gasteiger partial charge on any atom is 0.530 e. The minimum absolute atomic E-state index is 0.162. The third-order valence-corrected chi connectivity index (χ3v) is 10.9. The van der Waals surface area contributed by atoms with Crippen LogP contribution in [0.3, 0.4) is 0 Å². The fraction of sp³-hybridized carbons (Fsp3) is 0.647. The monoisotopic (exact) mass is 452 g/mol. The van der Waals surface area contributed by atoms with E-state index in [1.54, 1.807) is 19.9 Å². The van der Waals surface area contributed by atoms with E-state index in [2.05, 4.69) is 49.8 Å². The lowest BCUT2D eigenvalue weighted by molar-refractivity contribution is 0.167. The van der Waals surface area contributed by atoms with Gasteiger partial charge in [0.2, 0.25) is 0 Å². The van der Waals surface area contributed by atoms with Gasteiger partial charge in [-0.3, -0.25) is 9.05 Å². The smallest absolute Gasteiger partial charge is 0.413 e. The molecule has 0 radical (unpaired) electrons. The summed E-state index contributed by atoms with van der Waals surface area (Å²) in [4.78, 5) is 0. The zero-order chi connectivity index (χ0) is 19.3. The van der Waals surface area contributed by atoms with Gasteiger partial charge in [-0.1, -0.05) is 26.8 Å². The minimum atomic E-state index is -3.60. The topological polar surface area (TPSA) is 54.0 Å². The van der Waals surface area contributed by atoms with Crippen LogP contribution in [0, 0.1) is 0 Å². The molecule has 1 aromatic carbocycles. The molecule has 0 saturated heterocycles. The minimum Gasteiger partial charge on any atom is -0.413 e. The van der Waals surface area contributed by atoms with E-state index in [-0.39, 0.29) is 18.3 Å². The van der Waals surface area contributed by atoms with Crippen molar-refractivity contribution in [2.24, 2.45) is 0 Å². The maximum absolute atomic E-state index is 12.5. The quantitative estimate of drug-likeness (QED) is 0.314. The van der Waals surface area contributed by atoms with E-state index in [0.29, 0.717) is 16.8 Å². The predicted octanol–water partition coefficient (Wildman–Crippen LogP) is 6.53. The van der Waals surface area contributed by atoms with Gasteiger partial charge in [0.15, 0.2) is 8.32 Å². The molecule has 0 heterocycles. The van der Waals surface area contributed by atoms with Gasteiger partial charge in [-0.2, -0.15) is 0 Å². The molecule has 8 heteroatoms. The second kappa shape index (κ2) is 9.15. The Kier molecular flexibility index (Phi) is 8.37. The molecule has 0 aliphatic heterocycles. The normalized spacial score (nSPS) is 13.1. The Hall–Kier alpha value is -0.173. The van der Waals surface area contributed by atoms with Crippen LogP contribution >= 0.6 is 23.8 Å². The summed E-state index contributed by atoms with van der Waals surface area (Å²) < 4.78 is 35.2. The van der Waals surface area contributed by atoms with E-state index >= 15 is 0 Å². The van der Waals surface area contributed by atoms with Gasteiger partial charge in [0.25, 0.3) is 0 Å². The van der Waals surface area contributed by atoms with Crippen LogP contribution in [0.2, 0.25) is 18.1 Å². The summed E-state index contributed by atoms with van der Waals surface area (Å²) >= 11 is 3.46. The largest absolute Gasteiger partial charge is 0.530 e. The predicted molar refractivity (Wildman–Crippen MR) is 108 cm³/mol. The number of benzene rings is 1. The molecule has 144 valence electrons. The molecule has 5 nitrogen and oxygen atoms in total. The fourth-order valence-electron chi connectivity index (χ4n) is 1.72. The van der Waals surface area contributed by atoms with Crippen molar-refractivity contribution < 1.29 is 22.6 Å². The molecule has 25 heavy (non-hydrogen) atoms. The molecular formula is C17H30BrO5PSi. The average molecular weight is 453 g/mol. The van der Waals surface area contributed by atoms with Gasteiger partial charge >= 0.3 is 7.82 Å². The molecule has 0 aliphatic carbocycles. The van der Waals surface area contributed by atoms with Crippen LogP contribution in [-0.4, -0.2) is 21.5 Å². The fourth-order valence-corrected chi connectivity index (χ4v) is 4.52. The highest BCUT2D eigenvalue weighted by molar-refractivity contribution is 9.10. The first kappa shape index (κ1) is 22.9. The molecular weight excluding hydrogens is 423 g/mol. The summed E-state index contributed by atoms with van der Waals surface area (Å²) in [6.45, 7) is 15.6. The van der Waals surface area contributed by atoms with E-state index in [1.165, 1.54) is 0 Å². The van der Waals surface area contributed by atoms with Gasteiger partial charge in [0.05, 0.1) is 24.3 Å². The Balaban J connectivity index is 2.85. The molecule has 0 saturated carbocycles. The highest BCUT2D eigenvalue weighted by Gasteiger charge is 2.37. The van der Waals surface area contributed by atoms with Crippen LogP contribution in [0.15, 0.2) is 22.7 Å².